The lowest BCUT2D eigenvalue weighted by atomic mass is 10.1. The number of aromatic nitrogens is 1. The SMILES string of the molecule is CCCC(C)COCc1csc(CNC2CC2)n1. The smallest absolute Gasteiger partial charge is 0.107 e. The van der Waals surface area contributed by atoms with Crippen LogP contribution < -0.4 is 5.32 Å². The van der Waals surface area contributed by atoms with Crippen molar-refractivity contribution in [1.82, 2.24) is 10.3 Å². The predicted octanol–water partition coefficient (Wildman–Crippen LogP) is 3.35. The first-order chi connectivity index (χ1) is 8.78. The molecule has 1 unspecified atom stereocenters. The fourth-order valence-electron chi connectivity index (χ4n) is 1.96. The van der Waals surface area contributed by atoms with Crippen molar-refractivity contribution in [3.05, 3.63) is 16.1 Å². The minimum atomic E-state index is 0.657. The molecular formula is C14H24N2OS. The lowest BCUT2D eigenvalue weighted by molar-refractivity contribution is 0.0874. The van der Waals surface area contributed by atoms with Crippen molar-refractivity contribution in [2.75, 3.05) is 6.61 Å². The maximum Gasteiger partial charge on any atom is 0.107 e. The summed E-state index contributed by atoms with van der Waals surface area (Å²) in [5, 5.41) is 6.79. The van der Waals surface area contributed by atoms with Crippen LogP contribution in [-0.4, -0.2) is 17.6 Å². The normalized spacial score (nSPS) is 17.0. The highest BCUT2D eigenvalue weighted by atomic mass is 32.1. The van der Waals surface area contributed by atoms with Gasteiger partial charge >= 0.3 is 0 Å². The molecule has 1 heterocycles. The summed E-state index contributed by atoms with van der Waals surface area (Å²) in [5.74, 6) is 0.657. The summed E-state index contributed by atoms with van der Waals surface area (Å²) in [6, 6.07) is 0.753. The zero-order chi connectivity index (χ0) is 12.8. The van der Waals surface area contributed by atoms with Gasteiger partial charge in [0.05, 0.1) is 12.3 Å². The molecular weight excluding hydrogens is 244 g/mol. The van der Waals surface area contributed by atoms with E-state index in [1.807, 2.05) is 0 Å². The molecule has 0 amide bonds. The fourth-order valence-corrected chi connectivity index (χ4v) is 2.69. The number of nitrogens with zero attached hydrogens (tertiary/aromatic N) is 1. The van der Waals surface area contributed by atoms with E-state index in [-0.39, 0.29) is 0 Å². The maximum atomic E-state index is 5.71. The highest BCUT2D eigenvalue weighted by Crippen LogP contribution is 2.20. The Labute approximate surface area is 114 Å². The van der Waals surface area contributed by atoms with Gasteiger partial charge in [0.1, 0.15) is 5.01 Å². The molecule has 0 spiro atoms. The molecule has 4 heteroatoms. The number of hydrogen-bond donors (Lipinski definition) is 1. The van der Waals surface area contributed by atoms with Gasteiger partial charge in [0.2, 0.25) is 0 Å². The van der Waals surface area contributed by atoms with E-state index in [1.54, 1.807) is 11.3 Å². The molecule has 1 aliphatic rings. The van der Waals surface area contributed by atoms with Gasteiger partial charge in [-0.25, -0.2) is 4.98 Å². The van der Waals surface area contributed by atoms with E-state index in [9.17, 15) is 0 Å². The Bertz CT molecular complexity index is 349. The lowest BCUT2D eigenvalue weighted by Gasteiger charge is -2.09. The second-order valence-electron chi connectivity index (χ2n) is 5.30. The van der Waals surface area contributed by atoms with Gasteiger partial charge in [-0.1, -0.05) is 20.3 Å². The molecule has 1 aromatic heterocycles. The van der Waals surface area contributed by atoms with Crippen molar-refractivity contribution in [3.8, 4) is 0 Å². The summed E-state index contributed by atoms with van der Waals surface area (Å²) < 4.78 is 5.71. The molecule has 1 aromatic rings. The van der Waals surface area contributed by atoms with Gasteiger partial charge in [-0.05, 0) is 25.2 Å². The molecule has 1 aliphatic carbocycles. The Morgan fingerprint density at radius 2 is 2.39 bits per heavy atom. The number of nitrogens with one attached hydrogen (secondary N) is 1. The lowest BCUT2D eigenvalue weighted by Crippen LogP contribution is -2.15. The van der Waals surface area contributed by atoms with Crippen molar-refractivity contribution >= 4 is 11.3 Å². The zero-order valence-corrected chi connectivity index (χ0v) is 12.3. The van der Waals surface area contributed by atoms with Crippen LogP contribution in [0.15, 0.2) is 5.38 Å². The van der Waals surface area contributed by atoms with Crippen molar-refractivity contribution in [1.29, 1.82) is 0 Å². The first-order valence-corrected chi connectivity index (χ1v) is 7.90. The Hall–Kier alpha value is -0.450. The molecule has 1 fully saturated rings. The van der Waals surface area contributed by atoms with E-state index in [2.05, 4.69) is 29.5 Å². The second-order valence-corrected chi connectivity index (χ2v) is 6.24. The van der Waals surface area contributed by atoms with Gasteiger partial charge in [0.15, 0.2) is 0 Å². The molecule has 0 radical (unpaired) electrons. The number of hydrogen-bond acceptors (Lipinski definition) is 4. The Kier molecular flexibility index (Phi) is 5.60. The van der Waals surface area contributed by atoms with Crippen LogP contribution in [0.1, 0.15) is 50.2 Å². The molecule has 0 aliphatic heterocycles. The molecule has 102 valence electrons. The summed E-state index contributed by atoms with van der Waals surface area (Å²) in [6.07, 6.45) is 5.14. The average Bonchev–Trinajstić information content (AvgIpc) is 3.07. The molecule has 1 N–H and O–H groups in total. The monoisotopic (exact) mass is 268 g/mol. The van der Waals surface area contributed by atoms with Crippen LogP contribution in [0.4, 0.5) is 0 Å². The van der Waals surface area contributed by atoms with E-state index in [1.165, 1.54) is 30.7 Å². The van der Waals surface area contributed by atoms with E-state index in [0.29, 0.717) is 12.5 Å². The minimum Gasteiger partial charge on any atom is -0.375 e. The van der Waals surface area contributed by atoms with Crippen LogP contribution in [0.5, 0.6) is 0 Å². The van der Waals surface area contributed by atoms with Crippen LogP contribution in [0.3, 0.4) is 0 Å². The largest absolute Gasteiger partial charge is 0.375 e. The van der Waals surface area contributed by atoms with Crippen molar-refractivity contribution < 1.29 is 4.74 Å². The minimum absolute atomic E-state index is 0.657. The summed E-state index contributed by atoms with van der Waals surface area (Å²) in [6.45, 7) is 6.89. The molecule has 3 nitrogen and oxygen atoms in total. The van der Waals surface area contributed by atoms with Gasteiger partial charge in [-0.2, -0.15) is 0 Å². The zero-order valence-electron chi connectivity index (χ0n) is 11.4. The van der Waals surface area contributed by atoms with E-state index < -0.39 is 0 Å². The average molecular weight is 268 g/mol. The van der Waals surface area contributed by atoms with Crippen molar-refractivity contribution in [3.63, 3.8) is 0 Å². The van der Waals surface area contributed by atoms with Gasteiger partial charge in [-0.3, -0.25) is 0 Å². The van der Waals surface area contributed by atoms with E-state index in [4.69, 9.17) is 4.74 Å². The quantitative estimate of drug-likeness (QED) is 0.746. The molecule has 0 bridgehead atoms. The fraction of sp³-hybridized carbons (Fsp3) is 0.786. The summed E-state index contributed by atoms with van der Waals surface area (Å²) in [5.41, 5.74) is 1.08. The van der Waals surface area contributed by atoms with Crippen LogP contribution >= 0.6 is 11.3 Å². The predicted molar refractivity (Wildman–Crippen MR) is 75.7 cm³/mol. The molecule has 1 saturated carbocycles. The highest BCUT2D eigenvalue weighted by molar-refractivity contribution is 7.09. The standard InChI is InChI=1S/C14H24N2OS/c1-3-4-11(2)8-17-9-13-10-18-14(16-13)7-15-12-5-6-12/h10-12,15H,3-9H2,1-2H3. The topological polar surface area (TPSA) is 34.1 Å². The van der Waals surface area contributed by atoms with Crippen LogP contribution in [0, 0.1) is 5.92 Å². The van der Waals surface area contributed by atoms with Gasteiger partial charge in [-0.15, -0.1) is 11.3 Å². The summed E-state index contributed by atoms with van der Waals surface area (Å²) in [4.78, 5) is 4.58. The van der Waals surface area contributed by atoms with Crippen LogP contribution in [-0.2, 0) is 17.9 Å². The molecule has 1 atom stereocenters. The number of ether oxygens (including phenoxy) is 1. The molecule has 2 rings (SSSR count). The third kappa shape index (κ3) is 5.04. The first kappa shape index (κ1) is 14.0. The number of rotatable bonds is 9. The molecule has 18 heavy (non-hydrogen) atoms. The van der Waals surface area contributed by atoms with Crippen LogP contribution in [0.2, 0.25) is 0 Å². The Balaban J connectivity index is 1.62. The van der Waals surface area contributed by atoms with Crippen LogP contribution in [0.25, 0.3) is 0 Å². The Morgan fingerprint density at radius 3 is 3.11 bits per heavy atom. The first-order valence-electron chi connectivity index (χ1n) is 7.02. The Morgan fingerprint density at radius 1 is 1.56 bits per heavy atom. The summed E-state index contributed by atoms with van der Waals surface area (Å²) >= 11 is 1.73. The van der Waals surface area contributed by atoms with E-state index in [0.717, 1.165) is 24.9 Å². The van der Waals surface area contributed by atoms with Crippen molar-refractivity contribution in [2.24, 2.45) is 5.92 Å². The van der Waals surface area contributed by atoms with Gasteiger partial charge < -0.3 is 10.1 Å². The molecule has 0 saturated heterocycles. The third-order valence-corrected chi connectivity index (χ3v) is 4.05. The van der Waals surface area contributed by atoms with Crippen molar-refractivity contribution in [2.45, 2.75) is 58.7 Å². The molecule has 0 aromatic carbocycles. The van der Waals surface area contributed by atoms with Gasteiger partial charge in [0.25, 0.3) is 0 Å². The maximum absolute atomic E-state index is 5.71. The summed E-state index contributed by atoms with van der Waals surface area (Å²) in [7, 11) is 0. The number of thiazole rings is 1. The third-order valence-electron chi connectivity index (χ3n) is 3.15. The highest BCUT2D eigenvalue weighted by Gasteiger charge is 2.20. The second kappa shape index (κ2) is 7.22. The van der Waals surface area contributed by atoms with E-state index >= 15 is 0 Å². The van der Waals surface area contributed by atoms with Gasteiger partial charge in [0, 0.05) is 24.6 Å².